The van der Waals surface area contributed by atoms with E-state index in [1.54, 1.807) is 0 Å². The molecule has 1 atom stereocenters. The van der Waals surface area contributed by atoms with Crippen LogP contribution in [0.25, 0.3) is 0 Å². The zero-order chi connectivity index (χ0) is 13.5. The number of aromatic nitrogens is 2. The van der Waals surface area contributed by atoms with Crippen molar-refractivity contribution in [3.8, 4) is 0 Å². The summed E-state index contributed by atoms with van der Waals surface area (Å²) in [6.45, 7) is 1.77. The van der Waals surface area contributed by atoms with Gasteiger partial charge in [-0.15, -0.1) is 0 Å². The van der Waals surface area contributed by atoms with Crippen molar-refractivity contribution in [2.24, 2.45) is 0 Å². The maximum absolute atomic E-state index is 10.1. The van der Waals surface area contributed by atoms with E-state index in [0.717, 1.165) is 30.8 Å². The van der Waals surface area contributed by atoms with Crippen LogP contribution in [0.2, 0.25) is 0 Å². The number of aliphatic hydroxyl groups excluding tert-OH is 1. The third-order valence-corrected chi connectivity index (χ3v) is 4.35. The molecule has 4 rings (SSSR count). The summed E-state index contributed by atoms with van der Waals surface area (Å²) in [6, 6.07) is 8.85. The molecule has 4 heteroatoms. The number of aliphatic hydroxyl groups is 1. The monoisotopic (exact) mass is 269 g/mol. The van der Waals surface area contributed by atoms with Crippen LogP contribution < -0.4 is 4.90 Å². The fourth-order valence-corrected chi connectivity index (χ4v) is 3.11. The molecule has 0 amide bonds. The number of anilines is 1. The van der Waals surface area contributed by atoms with Gasteiger partial charge in [-0.05, 0) is 25.3 Å². The number of para-hydroxylation sites is 1. The Balaban J connectivity index is 1.63. The second-order valence-corrected chi connectivity index (χ2v) is 5.81. The molecule has 0 radical (unpaired) electrons. The van der Waals surface area contributed by atoms with Crippen LogP contribution in [0.5, 0.6) is 0 Å². The Morgan fingerprint density at radius 1 is 1.20 bits per heavy atom. The summed E-state index contributed by atoms with van der Waals surface area (Å²) in [6.07, 6.45) is 6.96. The first-order valence-corrected chi connectivity index (χ1v) is 7.35. The van der Waals surface area contributed by atoms with Crippen LogP contribution in [0.15, 0.2) is 36.8 Å². The summed E-state index contributed by atoms with van der Waals surface area (Å²) < 4.78 is 2.31. The average Bonchev–Trinajstić information content (AvgIpc) is 3.22. The van der Waals surface area contributed by atoms with Crippen molar-refractivity contribution in [3.63, 3.8) is 0 Å². The highest BCUT2D eigenvalue weighted by Crippen LogP contribution is 2.37. The van der Waals surface area contributed by atoms with Gasteiger partial charge in [0.05, 0.1) is 24.7 Å². The van der Waals surface area contributed by atoms with E-state index in [1.807, 2.05) is 30.7 Å². The number of hydrogen-bond acceptors (Lipinski definition) is 3. The van der Waals surface area contributed by atoms with Crippen molar-refractivity contribution in [1.29, 1.82) is 0 Å². The number of nitrogens with zero attached hydrogens (tertiary/aromatic N) is 3. The fraction of sp³-hybridized carbons (Fsp3) is 0.438. The van der Waals surface area contributed by atoms with Gasteiger partial charge in [0.1, 0.15) is 0 Å². The Morgan fingerprint density at radius 2 is 2.05 bits per heavy atom. The van der Waals surface area contributed by atoms with Crippen molar-refractivity contribution in [2.45, 2.75) is 38.0 Å². The van der Waals surface area contributed by atoms with Crippen LogP contribution in [0.1, 0.15) is 42.7 Å². The second-order valence-electron chi connectivity index (χ2n) is 5.81. The van der Waals surface area contributed by atoms with Gasteiger partial charge in [0.25, 0.3) is 0 Å². The Morgan fingerprint density at radius 3 is 2.90 bits per heavy atom. The van der Waals surface area contributed by atoms with Crippen LogP contribution in [-0.4, -0.2) is 21.2 Å². The normalized spacial score (nSPS) is 21.9. The lowest BCUT2D eigenvalue weighted by Crippen LogP contribution is -2.31. The molecule has 1 aromatic heterocycles. The van der Waals surface area contributed by atoms with E-state index in [2.05, 4.69) is 20.5 Å². The van der Waals surface area contributed by atoms with Crippen LogP contribution in [0.4, 0.5) is 5.69 Å². The highest BCUT2D eigenvalue weighted by atomic mass is 16.3. The smallest absolute Gasteiger partial charge is 0.0951 e. The summed E-state index contributed by atoms with van der Waals surface area (Å²) in [4.78, 5) is 6.67. The Bertz CT molecular complexity index is 618. The number of benzene rings is 1. The largest absolute Gasteiger partial charge is 0.388 e. The van der Waals surface area contributed by atoms with Gasteiger partial charge in [0.2, 0.25) is 0 Å². The van der Waals surface area contributed by atoms with Gasteiger partial charge in [-0.25, -0.2) is 4.98 Å². The van der Waals surface area contributed by atoms with Crippen LogP contribution in [-0.2, 0) is 6.54 Å². The summed E-state index contributed by atoms with van der Waals surface area (Å²) in [5.41, 5.74) is 3.49. The van der Waals surface area contributed by atoms with Crippen molar-refractivity contribution in [3.05, 3.63) is 48.0 Å². The van der Waals surface area contributed by atoms with E-state index < -0.39 is 0 Å². The van der Waals surface area contributed by atoms with E-state index in [-0.39, 0.29) is 6.10 Å². The molecule has 0 bridgehead atoms. The number of fused-ring (bicyclic) bond motifs is 1. The predicted molar refractivity (Wildman–Crippen MR) is 77.6 cm³/mol. The molecule has 2 heterocycles. The Hall–Kier alpha value is -1.81. The van der Waals surface area contributed by atoms with Crippen LogP contribution in [0.3, 0.4) is 0 Å². The molecule has 20 heavy (non-hydrogen) atoms. The maximum Gasteiger partial charge on any atom is 0.0951 e. The lowest BCUT2D eigenvalue weighted by Gasteiger charge is -2.33. The molecule has 104 valence electrons. The molecule has 1 aliphatic heterocycles. The Kier molecular flexibility index (Phi) is 2.77. The average molecular weight is 269 g/mol. The minimum absolute atomic E-state index is 0.323. The lowest BCUT2D eigenvalue weighted by molar-refractivity contribution is 0.164. The first-order chi connectivity index (χ1) is 9.83. The maximum atomic E-state index is 10.1. The van der Waals surface area contributed by atoms with Gasteiger partial charge in [-0.3, -0.25) is 0 Å². The van der Waals surface area contributed by atoms with E-state index in [4.69, 9.17) is 0 Å². The lowest BCUT2D eigenvalue weighted by atomic mass is 9.99. The summed E-state index contributed by atoms with van der Waals surface area (Å²) >= 11 is 0. The van der Waals surface area contributed by atoms with Crippen molar-refractivity contribution in [2.75, 3.05) is 11.4 Å². The number of imidazole rings is 1. The summed E-state index contributed by atoms with van der Waals surface area (Å²) in [7, 11) is 0. The standard InChI is InChI=1S/C16H19N3O/c20-16-7-8-18(15-4-2-1-3-14(15)16)10-13-9-17-11-19(13)12-5-6-12/h1-4,9,11-12,16,20H,5-8,10H2. The molecule has 1 N–H and O–H groups in total. The van der Waals surface area contributed by atoms with Gasteiger partial charge in [0, 0.05) is 30.0 Å². The third-order valence-electron chi connectivity index (χ3n) is 4.35. The van der Waals surface area contributed by atoms with Gasteiger partial charge in [-0.2, -0.15) is 0 Å². The minimum atomic E-state index is -0.323. The fourth-order valence-electron chi connectivity index (χ4n) is 3.11. The summed E-state index contributed by atoms with van der Waals surface area (Å²) in [5, 5.41) is 10.1. The Labute approximate surface area is 118 Å². The highest BCUT2D eigenvalue weighted by Gasteiger charge is 2.27. The molecular formula is C16H19N3O. The van der Waals surface area contributed by atoms with E-state index >= 15 is 0 Å². The van der Waals surface area contributed by atoms with Gasteiger partial charge >= 0.3 is 0 Å². The molecule has 0 saturated heterocycles. The molecule has 1 aliphatic carbocycles. The van der Waals surface area contributed by atoms with Crippen LogP contribution >= 0.6 is 0 Å². The van der Waals surface area contributed by atoms with E-state index in [1.165, 1.54) is 18.5 Å². The molecule has 0 spiro atoms. The first kappa shape index (κ1) is 12.0. The first-order valence-electron chi connectivity index (χ1n) is 7.35. The molecule has 1 aromatic carbocycles. The summed E-state index contributed by atoms with van der Waals surface area (Å²) in [5.74, 6) is 0. The quantitative estimate of drug-likeness (QED) is 0.931. The molecule has 1 unspecified atom stereocenters. The van der Waals surface area contributed by atoms with Crippen LogP contribution in [0, 0.1) is 0 Å². The molecule has 2 aromatic rings. The topological polar surface area (TPSA) is 41.3 Å². The third kappa shape index (κ3) is 2.00. The number of rotatable bonds is 3. The zero-order valence-corrected chi connectivity index (χ0v) is 11.4. The van der Waals surface area contributed by atoms with E-state index in [0.29, 0.717) is 6.04 Å². The highest BCUT2D eigenvalue weighted by molar-refractivity contribution is 5.56. The minimum Gasteiger partial charge on any atom is -0.388 e. The molecule has 1 fully saturated rings. The zero-order valence-electron chi connectivity index (χ0n) is 11.4. The number of hydrogen-bond donors (Lipinski definition) is 1. The molecular weight excluding hydrogens is 250 g/mol. The van der Waals surface area contributed by atoms with Crippen molar-refractivity contribution in [1.82, 2.24) is 9.55 Å². The van der Waals surface area contributed by atoms with Crippen molar-refractivity contribution < 1.29 is 5.11 Å². The van der Waals surface area contributed by atoms with Gasteiger partial charge in [-0.1, -0.05) is 18.2 Å². The van der Waals surface area contributed by atoms with E-state index in [9.17, 15) is 5.11 Å². The molecule has 1 saturated carbocycles. The molecule has 2 aliphatic rings. The van der Waals surface area contributed by atoms with Gasteiger partial charge < -0.3 is 14.6 Å². The SMILES string of the molecule is OC1CCN(Cc2cncn2C2CC2)c2ccccc21. The molecule has 4 nitrogen and oxygen atoms in total. The van der Waals surface area contributed by atoms with Crippen molar-refractivity contribution >= 4 is 5.69 Å². The second kappa shape index (κ2) is 4.63. The van der Waals surface area contributed by atoms with Gasteiger partial charge in [0.15, 0.2) is 0 Å². The predicted octanol–water partition coefficient (Wildman–Crippen LogP) is 2.66.